The van der Waals surface area contributed by atoms with Crippen LogP contribution in [0.4, 0.5) is 0 Å². The van der Waals surface area contributed by atoms with E-state index in [0.29, 0.717) is 6.42 Å². The molecule has 0 spiro atoms. The highest BCUT2D eigenvalue weighted by Gasteiger charge is 2.58. The summed E-state index contributed by atoms with van der Waals surface area (Å²) in [6.07, 6.45) is 1.55. The Kier molecular flexibility index (Phi) is 2.35. The number of hydrogen-bond donors (Lipinski definition) is 2. The third-order valence-corrected chi connectivity index (χ3v) is 2.36. The third kappa shape index (κ3) is 1.42. The molecule has 2 atom stereocenters. The zero-order chi connectivity index (χ0) is 9.30. The SMILES string of the molecule is CCCC1C(C(=O)O)C1C(=O)O. The van der Waals surface area contributed by atoms with E-state index in [9.17, 15) is 9.59 Å². The molecule has 1 aliphatic carbocycles. The van der Waals surface area contributed by atoms with Crippen LogP contribution >= 0.6 is 0 Å². The van der Waals surface area contributed by atoms with Gasteiger partial charge in [-0.1, -0.05) is 13.3 Å². The van der Waals surface area contributed by atoms with Crippen LogP contribution in [0.15, 0.2) is 0 Å². The van der Waals surface area contributed by atoms with E-state index in [-0.39, 0.29) is 5.92 Å². The maximum absolute atomic E-state index is 10.5. The number of carboxylic acids is 2. The van der Waals surface area contributed by atoms with Gasteiger partial charge in [0.25, 0.3) is 0 Å². The van der Waals surface area contributed by atoms with Crippen LogP contribution in [0.5, 0.6) is 0 Å². The van der Waals surface area contributed by atoms with Crippen LogP contribution in [0, 0.1) is 17.8 Å². The van der Waals surface area contributed by atoms with E-state index in [0.717, 1.165) is 6.42 Å². The summed E-state index contributed by atoms with van der Waals surface area (Å²) in [5, 5.41) is 17.2. The molecule has 0 aliphatic heterocycles. The Balaban J connectivity index is 2.55. The van der Waals surface area contributed by atoms with Crippen molar-refractivity contribution in [1.82, 2.24) is 0 Å². The summed E-state index contributed by atoms with van der Waals surface area (Å²) in [5.74, 6) is -3.35. The number of rotatable bonds is 4. The molecule has 4 heteroatoms. The third-order valence-electron chi connectivity index (χ3n) is 2.36. The van der Waals surface area contributed by atoms with Crippen molar-refractivity contribution in [2.24, 2.45) is 17.8 Å². The normalized spacial score (nSPS) is 32.9. The molecule has 0 bridgehead atoms. The summed E-state index contributed by atoms with van der Waals surface area (Å²) >= 11 is 0. The summed E-state index contributed by atoms with van der Waals surface area (Å²) in [5.41, 5.74) is 0. The smallest absolute Gasteiger partial charge is 0.307 e. The summed E-state index contributed by atoms with van der Waals surface area (Å²) in [6, 6.07) is 0. The minimum absolute atomic E-state index is 0.134. The molecule has 0 amide bonds. The van der Waals surface area contributed by atoms with Gasteiger partial charge in [0, 0.05) is 0 Å². The monoisotopic (exact) mass is 172 g/mol. The van der Waals surface area contributed by atoms with E-state index >= 15 is 0 Å². The highest BCUT2D eigenvalue weighted by Crippen LogP contribution is 2.49. The fourth-order valence-electron chi connectivity index (χ4n) is 1.74. The van der Waals surface area contributed by atoms with Crippen LogP contribution in [0.2, 0.25) is 0 Å². The van der Waals surface area contributed by atoms with E-state index in [1.807, 2.05) is 6.92 Å². The summed E-state index contributed by atoms with van der Waals surface area (Å²) < 4.78 is 0. The lowest BCUT2D eigenvalue weighted by atomic mass is 10.2. The van der Waals surface area contributed by atoms with E-state index in [4.69, 9.17) is 10.2 Å². The molecular weight excluding hydrogens is 160 g/mol. The topological polar surface area (TPSA) is 74.6 Å². The molecule has 4 nitrogen and oxygen atoms in total. The largest absolute Gasteiger partial charge is 0.481 e. The molecule has 0 heterocycles. The lowest BCUT2D eigenvalue weighted by molar-refractivity contribution is -0.144. The Bertz CT molecular complexity index is 191. The van der Waals surface area contributed by atoms with Gasteiger partial charge in [-0.3, -0.25) is 9.59 Å². The molecule has 2 unspecified atom stereocenters. The summed E-state index contributed by atoms with van der Waals surface area (Å²) in [4.78, 5) is 21.0. The van der Waals surface area contributed by atoms with Crippen LogP contribution in [0.1, 0.15) is 19.8 Å². The number of carbonyl (C=O) groups is 2. The van der Waals surface area contributed by atoms with E-state index in [1.165, 1.54) is 0 Å². The minimum atomic E-state index is -0.971. The van der Waals surface area contributed by atoms with Gasteiger partial charge in [-0.25, -0.2) is 0 Å². The molecule has 1 saturated carbocycles. The average molecular weight is 172 g/mol. The van der Waals surface area contributed by atoms with Gasteiger partial charge in [-0.05, 0) is 12.3 Å². The van der Waals surface area contributed by atoms with Crippen molar-refractivity contribution in [3.8, 4) is 0 Å². The maximum atomic E-state index is 10.5. The van der Waals surface area contributed by atoms with Crippen molar-refractivity contribution < 1.29 is 19.8 Å². The zero-order valence-corrected chi connectivity index (χ0v) is 6.86. The maximum Gasteiger partial charge on any atom is 0.307 e. The highest BCUT2D eigenvalue weighted by molar-refractivity contribution is 5.86. The first-order chi connectivity index (χ1) is 5.59. The predicted molar refractivity (Wildman–Crippen MR) is 40.6 cm³/mol. The fourth-order valence-corrected chi connectivity index (χ4v) is 1.74. The number of hydrogen-bond acceptors (Lipinski definition) is 2. The fraction of sp³-hybridized carbons (Fsp3) is 0.750. The Morgan fingerprint density at radius 1 is 1.17 bits per heavy atom. The van der Waals surface area contributed by atoms with Gasteiger partial charge in [0.05, 0.1) is 11.8 Å². The molecule has 68 valence electrons. The van der Waals surface area contributed by atoms with Crippen LogP contribution in [-0.2, 0) is 9.59 Å². The van der Waals surface area contributed by atoms with E-state index < -0.39 is 23.8 Å². The van der Waals surface area contributed by atoms with Gasteiger partial charge in [-0.15, -0.1) is 0 Å². The predicted octanol–water partition coefficient (Wildman–Crippen LogP) is 0.818. The van der Waals surface area contributed by atoms with Crippen molar-refractivity contribution >= 4 is 11.9 Å². The average Bonchev–Trinajstić information content (AvgIpc) is 2.63. The molecule has 0 aromatic heterocycles. The first-order valence-electron chi connectivity index (χ1n) is 4.05. The first kappa shape index (κ1) is 9.03. The van der Waals surface area contributed by atoms with E-state index in [1.54, 1.807) is 0 Å². The molecule has 0 aromatic rings. The Morgan fingerprint density at radius 3 is 1.83 bits per heavy atom. The lowest BCUT2D eigenvalue weighted by Crippen LogP contribution is -2.05. The molecule has 1 fully saturated rings. The molecular formula is C8H12O4. The standard InChI is InChI=1S/C8H12O4/c1-2-3-4-5(7(9)10)6(4)8(11)12/h4-6H,2-3H2,1H3,(H,9,10)(H,11,12). The second-order valence-corrected chi connectivity index (χ2v) is 3.18. The number of carboxylic acid groups (broad SMARTS) is 2. The quantitative estimate of drug-likeness (QED) is 0.658. The first-order valence-corrected chi connectivity index (χ1v) is 4.05. The summed E-state index contributed by atoms with van der Waals surface area (Å²) in [6.45, 7) is 1.93. The molecule has 1 rings (SSSR count). The molecule has 0 saturated heterocycles. The van der Waals surface area contributed by atoms with Crippen molar-refractivity contribution in [1.29, 1.82) is 0 Å². The number of aliphatic carboxylic acids is 2. The van der Waals surface area contributed by atoms with Crippen molar-refractivity contribution in [3.05, 3.63) is 0 Å². The molecule has 12 heavy (non-hydrogen) atoms. The van der Waals surface area contributed by atoms with Crippen LogP contribution in [0.25, 0.3) is 0 Å². The summed E-state index contributed by atoms with van der Waals surface area (Å²) in [7, 11) is 0. The highest BCUT2D eigenvalue weighted by atomic mass is 16.4. The van der Waals surface area contributed by atoms with Crippen molar-refractivity contribution in [2.45, 2.75) is 19.8 Å². The molecule has 0 radical (unpaired) electrons. The minimum Gasteiger partial charge on any atom is -0.481 e. The molecule has 2 N–H and O–H groups in total. The van der Waals surface area contributed by atoms with Gasteiger partial charge in [0.2, 0.25) is 0 Å². The molecule has 1 aliphatic rings. The Labute approximate surface area is 70.2 Å². The second kappa shape index (κ2) is 3.13. The van der Waals surface area contributed by atoms with Gasteiger partial charge in [0.15, 0.2) is 0 Å². The van der Waals surface area contributed by atoms with Gasteiger partial charge in [-0.2, -0.15) is 0 Å². The Hall–Kier alpha value is -1.06. The second-order valence-electron chi connectivity index (χ2n) is 3.18. The van der Waals surface area contributed by atoms with Crippen LogP contribution in [-0.4, -0.2) is 22.2 Å². The molecule has 0 aromatic carbocycles. The van der Waals surface area contributed by atoms with Gasteiger partial charge < -0.3 is 10.2 Å². The van der Waals surface area contributed by atoms with E-state index in [2.05, 4.69) is 0 Å². The Morgan fingerprint density at radius 2 is 1.58 bits per heavy atom. The van der Waals surface area contributed by atoms with Crippen LogP contribution < -0.4 is 0 Å². The van der Waals surface area contributed by atoms with Gasteiger partial charge >= 0.3 is 11.9 Å². The van der Waals surface area contributed by atoms with Crippen LogP contribution in [0.3, 0.4) is 0 Å². The zero-order valence-electron chi connectivity index (χ0n) is 6.86. The van der Waals surface area contributed by atoms with Gasteiger partial charge in [0.1, 0.15) is 0 Å². The lowest BCUT2D eigenvalue weighted by Gasteiger charge is -1.89. The van der Waals surface area contributed by atoms with Crippen molar-refractivity contribution in [2.75, 3.05) is 0 Å². The van der Waals surface area contributed by atoms with Crippen molar-refractivity contribution in [3.63, 3.8) is 0 Å².